The molecule has 2 aromatic heterocycles. The van der Waals surface area contributed by atoms with Gasteiger partial charge in [0.1, 0.15) is 0 Å². The highest BCUT2D eigenvalue weighted by molar-refractivity contribution is 6.30. The van der Waals surface area contributed by atoms with Crippen molar-refractivity contribution in [1.29, 1.82) is 0 Å². The molecule has 1 aromatic carbocycles. The molecule has 1 N–H and O–H groups in total. The Hall–Kier alpha value is -2.53. The quantitative estimate of drug-likeness (QED) is 0.646. The summed E-state index contributed by atoms with van der Waals surface area (Å²) in [5.74, 6) is 0. The highest BCUT2D eigenvalue weighted by Gasteiger charge is 2.25. The van der Waals surface area contributed by atoms with Gasteiger partial charge in [0, 0.05) is 48.8 Å². The van der Waals surface area contributed by atoms with E-state index in [1.807, 2.05) is 30.6 Å². The summed E-state index contributed by atoms with van der Waals surface area (Å²) in [6.07, 6.45) is 9.58. The van der Waals surface area contributed by atoms with E-state index in [4.69, 9.17) is 16.6 Å². The van der Waals surface area contributed by atoms with E-state index in [1.54, 1.807) is 6.20 Å². The van der Waals surface area contributed by atoms with Gasteiger partial charge in [-0.2, -0.15) is 0 Å². The minimum Gasteiger partial charge on any atom is -0.392 e. The molecule has 2 aliphatic rings. The molecule has 0 amide bonds. The van der Waals surface area contributed by atoms with Crippen molar-refractivity contribution in [2.75, 3.05) is 13.1 Å². The lowest BCUT2D eigenvalue weighted by molar-refractivity contribution is 0.247. The zero-order valence-corrected chi connectivity index (χ0v) is 18.3. The first-order valence-corrected chi connectivity index (χ1v) is 11.3. The smallest absolute Gasteiger partial charge is 0.0739 e. The molecule has 1 aliphatic carbocycles. The van der Waals surface area contributed by atoms with Crippen LogP contribution in [0, 0.1) is 0 Å². The number of likely N-dealkylation sites (tertiary alicyclic amines) is 1. The van der Waals surface area contributed by atoms with Crippen LogP contribution in [-0.4, -0.2) is 33.1 Å². The van der Waals surface area contributed by atoms with Gasteiger partial charge in [-0.15, -0.1) is 0 Å². The molecule has 158 valence electrons. The number of nitrogens with zero attached hydrogens (tertiary/aromatic N) is 3. The van der Waals surface area contributed by atoms with Crippen molar-refractivity contribution in [1.82, 2.24) is 14.9 Å². The summed E-state index contributed by atoms with van der Waals surface area (Å²) in [6.45, 7) is 2.91. The van der Waals surface area contributed by atoms with Crippen molar-refractivity contribution in [2.24, 2.45) is 0 Å². The van der Waals surface area contributed by atoms with Crippen molar-refractivity contribution in [2.45, 2.75) is 38.8 Å². The summed E-state index contributed by atoms with van der Waals surface area (Å²) >= 11 is 6.33. The second kappa shape index (κ2) is 8.91. The lowest BCUT2D eigenvalue weighted by atomic mass is 9.88. The molecule has 31 heavy (non-hydrogen) atoms. The van der Waals surface area contributed by atoms with Crippen LogP contribution in [0.15, 0.2) is 60.6 Å². The summed E-state index contributed by atoms with van der Waals surface area (Å²) in [6, 6.07) is 12.6. The number of fused-ring (bicyclic) bond motifs is 2. The largest absolute Gasteiger partial charge is 0.392 e. The first-order chi connectivity index (χ1) is 15.2. The van der Waals surface area contributed by atoms with Crippen molar-refractivity contribution in [3.63, 3.8) is 0 Å². The number of hydrogen-bond donors (Lipinski definition) is 1. The van der Waals surface area contributed by atoms with Crippen LogP contribution in [0.25, 0.3) is 5.57 Å². The Labute approximate surface area is 188 Å². The molecule has 1 aliphatic heterocycles. The van der Waals surface area contributed by atoms with Crippen LogP contribution in [0.1, 0.15) is 46.4 Å². The van der Waals surface area contributed by atoms with E-state index in [2.05, 4.69) is 28.1 Å². The molecule has 1 fully saturated rings. The topological polar surface area (TPSA) is 49.3 Å². The van der Waals surface area contributed by atoms with Crippen LogP contribution in [0.2, 0.25) is 5.02 Å². The van der Waals surface area contributed by atoms with Gasteiger partial charge >= 0.3 is 0 Å². The van der Waals surface area contributed by atoms with Crippen LogP contribution in [-0.2, 0) is 26.0 Å². The fourth-order valence-corrected chi connectivity index (χ4v) is 5.03. The van der Waals surface area contributed by atoms with Gasteiger partial charge in [0.15, 0.2) is 0 Å². The summed E-state index contributed by atoms with van der Waals surface area (Å²) in [4.78, 5) is 11.6. The Balaban J connectivity index is 1.45. The Morgan fingerprint density at radius 2 is 1.74 bits per heavy atom. The first kappa shape index (κ1) is 20.4. The molecule has 0 bridgehead atoms. The van der Waals surface area contributed by atoms with E-state index < -0.39 is 0 Å². The lowest BCUT2D eigenvalue weighted by Gasteiger charge is -2.30. The number of rotatable bonds is 3. The fraction of sp³-hybridized carbons (Fsp3) is 0.308. The number of aromatic nitrogens is 2. The lowest BCUT2D eigenvalue weighted by Crippen LogP contribution is -2.30. The minimum atomic E-state index is 0.0346. The Morgan fingerprint density at radius 3 is 2.58 bits per heavy atom. The van der Waals surface area contributed by atoms with E-state index in [1.165, 1.54) is 27.8 Å². The molecule has 3 aromatic rings. The number of piperidine rings is 1. The highest BCUT2D eigenvalue weighted by atomic mass is 35.5. The van der Waals surface area contributed by atoms with E-state index in [-0.39, 0.29) is 6.61 Å². The monoisotopic (exact) mass is 431 g/mol. The van der Waals surface area contributed by atoms with Crippen LogP contribution < -0.4 is 0 Å². The third-order valence-electron chi connectivity index (χ3n) is 6.38. The van der Waals surface area contributed by atoms with Crippen LogP contribution in [0.5, 0.6) is 0 Å². The Morgan fingerprint density at radius 1 is 0.935 bits per heavy atom. The molecule has 5 heteroatoms. The summed E-state index contributed by atoms with van der Waals surface area (Å²) in [5.41, 5.74) is 9.93. The van der Waals surface area contributed by atoms with Gasteiger partial charge < -0.3 is 5.11 Å². The number of aryl methyl sites for hydroxylation is 2. The third-order valence-corrected chi connectivity index (χ3v) is 6.62. The molecule has 0 unspecified atom stereocenters. The van der Waals surface area contributed by atoms with Crippen LogP contribution in [0.3, 0.4) is 0 Å². The normalized spacial score (nSPS) is 16.6. The summed E-state index contributed by atoms with van der Waals surface area (Å²) in [5, 5.41) is 10.2. The molecular formula is C26H26ClN3O. The maximum absolute atomic E-state index is 9.37. The van der Waals surface area contributed by atoms with E-state index in [9.17, 15) is 5.11 Å². The van der Waals surface area contributed by atoms with Crippen molar-refractivity contribution in [3.8, 4) is 0 Å². The van der Waals surface area contributed by atoms with Crippen LogP contribution >= 0.6 is 11.6 Å². The maximum atomic E-state index is 9.37. The number of halogens is 1. The molecular weight excluding hydrogens is 406 g/mol. The average molecular weight is 432 g/mol. The molecule has 3 heterocycles. The van der Waals surface area contributed by atoms with Crippen molar-refractivity contribution in [3.05, 3.63) is 99.1 Å². The number of pyridine rings is 2. The Kier molecular flexibility index (Phi) is 5.86. The van der Waals surface area contributed by atoms with Crippen molar-refractivity contribution >= 4 is 17.2 Å². The predicted octanol–water partition coefficient (Wildman–Crippen LogP) is 4.82. The van der Waals surface area contributed by atoms with Gasteiger partial charge in [-0.3, -0.25) is 14.9 Å². The van der Waals surface area contributed by atoms with Crippen LogP contribution in [0.4, 0.5) is 0 Å². The standard InChI is InChI=1S/C26H26ClN3O/c27-23-5-6-24-22(13-23)4-3-21-2-1-9-29-26(21)25(24)20-7-10-30(11-8-20)16-18-12-19(17-31)15-28-14-18/h1-2,5-6,9,12-15,31H,3-4,7-8,10-11,16-17H2. The molecule has 5 rings (SSSR count). The number of aliphatic hydroxyl groups excluding tert-OH is 1. The molecule has 1 saturated heterocycles. The fourth-order valence-electron chi connectivity index (χ4n) is 4.84. The minimum absolute atomic E-state index is 0.0346. The second-order valence-corrected chi connectivity index (χ2v) is 8.86. The molecule has 0 radical (unpaired) electrons. The number of benzene rings is 1. The SMILES string of the molecule is OCc1cncc(CN2CCC(=C3c4ccc(Cl)cc4CCc4cccnc43)CC2)c1. The van der Waals surface area contributed by atoms with Gasteiger partial charge in [-0.25, -0.2) is 0 Å². The van der Waals surface area contributed by atoms with E-state index in [0.29, 0.717) is 0 Å². The van der Waals surface area contributed by atoms with Gasteiger partial charge in [-0.05, 0) is 77.8 Å². The molecule has 4 nitrogen and oxygen atoms in total. The zero-order valence-electron chi connectivity index (χ0n) is 17.5. The predicted molar refractivity (Wildman–Crippen MR) is 124 cm³/mol. The van der Waals surface area contributed by atoms with Crippen molar-refractivity contribution < 1.29 is 5.11 Å². The zero-order chi connectivity index (χ0) is 21.2. The first-order valence-electron chi connectivity index (χ1n) is 10.9. The van der Waals surface area contributed by atoms with E-state index in [0.717, 1.165) is 67.2 Å². The summed E-state index contributed by atoms with van der Waals surface area (Å²) < 4.78 is 0. The van der Waals surface area contributed by atoms with Gasteiger partial charge in [0.05, 0.1) is 12.3 Å². The highest BCUT2D eigenvalue weighted by Crippen LogP contribution is 2.38. The third kappa shape index (κ3) is 4.29. The number of aliphatic hydroxyl groups is 1. The summed E-state index contributed by atoms with van der Waals surface area (Å²) in [7, 11) is 0. The van der Waals surface area contributed by atoms with Gasteiger partial charge in [0.2, 0.25) is 0 Å². The van der Waals surface area contributed by atoms with Gasteiger partial charge in [-0.1, -0.05) is 29.3 Å². The second-order valence-electron chi connectivity index (χ2n) is 8.43. The maximum Gasteiger partial charge on any atom is 0.0739 e. The average Bonchev–Trinajstić information content (AvgIpc) is 2.96. The molecule has 0 spiro atoms. The molecule has 0 saturated carbocycles. The Bertz CT molecular complexity index is 1130. The number of hydrogen-bond acceptors (Lipinski definition) is 4. The molecule has 0 atom stereocenters. The van der Waals surface area contributed by atoms with E-state index >= 15 is 0 Å². The van der Waals surface area contributed by atoms with Gasteiger partial charge in [0.25, 0.3) is 0 Å².